The van der Waals surface area contributed by atoms with E-state index >= 15 is 0 Å². The number of para-hydroxylation sites is 1. The topological polar surface area (TPSA) is 76.4 Å². The zero-order valence-corrected chi connectivity index (χ0v) is 11.0. The lowest BCUT2D eigenvalue weighted by Gasteiger charge is -2.04. The van der Waals surface area contributed by atoms with E-state index in [0.717, 1.165) is 0 Å². The van der Waals surface area contributed by atoms with Crippen molar-refractivity contribution in [1.82, 2.24) is 4.57 Å². The van der Waals surface area contributed by atoms with Crippen molar-refractivity contribution in [2.45, 2.75) is 18.4 Å². The van der Waals surface area contributed by atoms with Crippen LogP contribution in [0.4, 0.5) is 0 Å². The third-order valence-corrected chi connectivity index (χ3v) is 4.18. The second-order valence-corrected chi connectivity index (χ2v) is 6.35. The van der Waals surface area contributed by atoms with Crippen LogP contribution in [-0.4, -0.2) is 24.1 Å². The number of aliphatic carboxylic acids is 1. The van der Waals surface area contributed by atoms with E-state index in [2.05, 4.69) is 0 Å². The normalized spacial score (nSPS) is 11.9. The van der Waals surface area contributed by atoms with Gasteiger partial charge in [-0.1, -0.05) is 18.2 Å². The van der Waals surface area contributed by atoms with E-state index in [0.29, 0.717) is 16.6 Å². The first-order valence-corrected chi connectivity index (χ1v) is 7.37. The van der Waals surface area contributed by atoms with Gasteiger partial charge in [0.05, 0.1) is 5.52 Å². The average molecular weight is 288 g/mol. The summed E-state index contributed by atoms with van der Waals surface area (Å²) in [7, 11) is 1.49. The molecule has 0 bridgehead atoms. The van der Waals surface area contributed by atoms with Gasteiger partial charge in [-0.15, -0.1) is 0 Å². The maximum atomic E-state index is 11.6. The standard InChI is InChI=1S/C11H10ClNO4S/c1-7-11(18(12,16)17)8-4-2-3-5-9(8)13(7)6-10(14)15/h2-5H,6H2,1H3,(H,14,15). The van der Waals surface area contributed by atoms with Crippen LogP contribution in [0.3, 0.4) is 0 Å². The Kier molecular flexibility index (Phi) is 3.08. The lowest BCUT2D eigenvalue weighted by molar-refractivity contribution is -0.137. The van der Waals surface area contributed by atoms with E-state index in [1.165, 1.54) is 11.5 Å². The number of hydrogen-bond acceptors (Lipinski definition) is 3. The molecule has 2 rings (SSSR count). The van der Waals surface area contributed by atoms with E-state index in [1.54, 1.807) is 24.3 Å². The molecule has 1 aromatic heterocycles. The van der Waals surface area contributed by atoms with Crippen molar-refractivity contribution in [3.05, 3.63) is 30.0 Å². The summed E-state index contributed by atoms with van der Waals surface area (Å²) >= 11 is 0. The zero-order valence-electron chi connectivity index (χ0n) is 9.42. The number of carboxylic acid groups (broad SMARTS) is 1. The first-order valence-electron chi connectivity index (χ1n) is 5.06. The van der Waals surface area contributed by atoms with Gasteiger partial charge < -0.3 is 9.67 Å². The van der Waals surface area contributed by atoms with Gasteiger partial charge in [-0.3, -0.25) is 4.79 Å². The Balaban J connectivity index is 2.88. The molecular weight excluding hydrogens is 278 g/mol. The minimum Gasteiger partial charge on any atom is -0.480 e. The average Bonchev–Trinajstić information content (AvgIpc) is 2.51. The summed E-state index contributed by atoms with van der Waals surface area (Å²) in [6, 6.07) is 6.66. The molecule has 0 spiro atoms. The van der Waals surface area contributed by atoms with E-state index in [9.17, 15) is 13.2 Å². The molecule has 0 saturated heterocycles. The number of nitrogens with zero attached hydrogens (tertiary/aromatic N) is 1. The molecule has 0 atom stereocenters. The molecule has 0 fully saturated rings. The zero-order chi connectivity index (χ0) is 13.5. The lowest BCUT2D eigenvalue weighted by Crippen LogP contribution is -2.10. The minimum absolute atomic E-state index is 0.0268. The molecule has 1 heterocycles. The third-order valence-electron chi connectivity index (χ3n) is 2.71. The molecule has 0 radical (unpaired) electrons. The van der Waals surface area contributed by atoms with Crippen LogP contribution < -0.4 is 0 Å². The number of fused-ring (bicyclic) bond motifs is 1. The Morgan fingerprint density at radius 1 is 1.39 bits per heavy atom. The summed E-state index contributed by atoms with van der Waals surface area (Å²) in [4.78, 5) is 10.8. The van der Waals surface area contributed by atoms with Crippen molar-refractivity contribution in [2.24, 2.45) is 0 Å². The van der Waals surface area contributed by atoms with Crippen LogP contribution in [-0.2, 0) is 20.4 Å². The monoisotopic (exact) mass is 287 g/mol. The van der Waals surface area contributed by atoms with E-state index in [-0.39, 0.29) is 11.4 Å². The molecule has 5 nitrogen and oxygen atoms in total. The fourth-order valence-corrected chi connectivity index (χ4v) is 3.53. The first-order chi connectivity index (χ1) is 8.32. The second kappa shape index (κ2) is 4.29. The number of benzene rings is 1. The number of carboxylic acids is 1. The van der Waals surface area contributed by atoms with Gasteiger partial charge in [-0.05, 0) is 13.0 Å². The molecule has 7 heteroatoms. The molecule has 0 saturated carbocycles. The SMILES string of the molecule is Cc1c(S(=O)(=O)Cl)c2ccccc2n1CC(=O)O. The molecule has 18 heavy (non-hydrogen) atoms. The van der Waals surface area contributed by atoms with Crippen LogP contribution in [0.2, 0.25) is 0 Å². The Morgan fingerprint density at radius 3 is 2.56 bits per heavy atom. The van der Waals surface area contributed by atoms with Gasteiger partial charge >= 0.3 is 5.97 Å². The summed E-state index contributed by atoms with van der Waals surface area (Å²) in [6.07, 6.45) is 0. The summed E-state index contributed by atoms with van der Waals surface area (Å²) in [5.74, 6) is -1.04. The highest BCUT2D eigenvalue weighted by molar-refractivity contribution is 8.14. The second-order valence-electron chi connectivity index (χ2n) is 3.85. The molecule has 0 unspecified atom stereocenters. The van der Waals surface area contributed by atoms with Gasteiger partial charge in [0.2, 0.25) is 0 Å². The van der Waals surface area contributed by atoms with E-state index in [4.69, 9.17) is 15.8 Å². The van der Waals surface area contributed by atoms with Gasteiger partial charge in [-0.25, -0.2) is 8.42 Å². The Bertz CT molecular complexity index is 733. The summed E-state index contributed by atoms with van der Waals surface area (Å²) in [5.41, 5.74) is 0.866. The fraction of sp³-hybridized carbons (Fsp3) is 0.182. The highest BCUT2D eigenvalue weighted by Gasteiger charge is 2.23. The van der Waals surface area contributed by atoms with Crippen LogP contribution in [0.1, 0.15) is 5.69 Å². The Morgan fingerprint density at radius 2 is 2.00 bits per heavy atom. The van der Waals surface area contributed by atoms with Crippen molar-refractivity contribution in [2.75, 3.05) is 0 Å². The maximum absolute atomic E-state index is 11.6. The molecular formula is C11H10ClNO4S. The predicted molar refractivity (Wildman–Crippen MR) is 67.3 cm³/mol. The van der Waals surface area contributed by atoms with Crippen LogP contribution >= 0.6 is 10.7 Å². The quantitative estimate of drug-likeness (QED) is 0.876. The fourth-order valence-electron chi connectivity index (χ4n) is 2.05. The summed E-state index contributed by atoms with van der Waals surface area (Å²) < 4.78 is 24.6. The minimum atomic E-state index is -3.92. The largest absolute Gasteiger partial charge is 0.480 e. The predicted octanol–water partition coefficient (Wildman–Crippen LogP) is 1.96. The first kappa shape index (κ1) is 12.9. The van der Waals surface area contributed by atoms with Crippen molar-refractivity contribution in [1.29, 1.82) is 0 Å². The Hall–Kier alpha value is -1.53. The highest BCUT2D eigenvalue weighted by atomic mass is 35.7. The molecule has 0 aliphatic rings. The smallest absolute Gasteiger partial charge is 0.323 e. The molecule has 0 aliphatic carbocycles. The Labute approximate surface area is 108 Å². The van der Waals surface area contributed by atoms with E-state index in [1.807, 2.05) is 0 Å². The molecule has 1 N–H and O–H groups in total. The number of carbonyl (C=O) groups is 1. The summed E-state index contributed by atoms with van der Waals surface area (Å²) in [6.45, 7) is 1.23. The number of hydrogen-bond donors (Lipinski definition) is 1. The van der Waals surface area contributed by atoms with Gasteiger partial charge in [0.15, 0.2) is 0 Å². The van der Waals surface area contributed by atoms with Crippen LogP contribution in [0.15, 0.2) is 29.2 Å². The van der Waals surface area contributed by atoms with Crippen molar-refractivity contribution in [3.63, 3.8) is 0 Å². The van der Waals surface area contributed by atoms with Gasteiger partial charge in [-0.2, -0.15) is 0 Å². The number of rotatable bonds is 3. The maximum Gasteiger partial charge on any atom is 0.323 e. The molecule has 0 amide bonds. The summed E-state index contributed by atoms with van der Waals surface area (Å²) in [5, 5.41) is 9.30. The van der Waals surface area contributed by atoms with E-state index < -0.39 is 15.0 Å². The number of aromatic nitrogens is 1. The van der Waals surface area contributed by atoms with Crippen molar-refractivity contribution < 1.29 is 18.3 Å². The number of halogens is 1. The van der Waals surface area contributed by atoms with Crippen molar-refractivity contribution >= 4 is 36.6 Å². The molecule has 1 aromatic carbocycles. The molecule has 96 valence electrons. The lowest BCUT2D eigenvalue weighted by atomic mass is 10.2. The van der Waals surface area contributed by atoms with Gasteiger partial charge in [0, 0.05) is 21.8 Å². The van der Waals surface area contributed by atoms with Crippen LogP contribution in [0.5, 0.6) is 0 Å². The van der Waals surface area contributed by atoms with Crippen molar-refractivity contribution in [3.8, 4) is 0 Å². The van der Waals surface area contributed by atoms with Crippen LogP contribution in [0.25, 0.3) is 10.9 Å². The van der Waals surface area contributed by atoms with Gasteiger partial charge in [0.1, 0.15) is 11.4 Å². The highest BCUT2D eigenvalue weighted by Crippen LogP contribution is 2.31. The third kappa shape index (κ3) is 2.09. The molecule has 0 aliphatic heterocycles. The van der Waals surface area contributed by atoms with Crippen LogP contribution in [0, 0.1) is 6.92 Å². The molecule has 2 aromatic rings. The van der Waals surface area contributed by atoms with Gasteiger partial charge in [0.25, 0.3) is 9.05 Å².